The van der Waals surface area contributed by atoms with Gasteiger partial charge in [0.1, 0.15) is 12.7 Å². The Morgan fingerprint density at radius 3 is 2.57 bits per heavy atom. The highest BCUT2D eigenvalue weighted by Crippen LogP contribution is 2.19. The number of hydrogen-bond donors (Lipinski definition) is 0. The Balaban J connectivity index is 1.47. The first-order valence-electron chi connectivity index (χ1n) is 9.12. The molecule has 0 radical (unpaired) electrons. The molecule has 0 fully saturated rings. The zero-order chi connectivity index (χ0) is 19.7. The number of aromatic nitrogens is 6. The molecule has 3 heterocycles. The van der Waals surface area contributed by atoms with E-state index >= 15 is 0 Å². The van der Waals surface area contributed by atoms with E-state index in [1.165, 1.54) is 11.1 Å². The number of rotatable bonds is 6. The minimum Gasteiger partial charge on any atom is -0.338 e. The highest BCUT2D eigenvalue weighted by molar-refractivity contribution is 5.55. The van der Waals surface area contributed by atoms with Gasteiger partial charge in [0.2, 0.25) is 11.7 Å². The Bertz CT molecular complexity index is 1080. The van der Waals surface area contributed by atoms with Crippen molar-refractivity contribution in [1.29, 1.82) is 0 Å². The molecule has 144 valence electrons. The first-order valence-corrected chi connectivity index (χ1v) is 9.12. The highest BCUT2D eigenvalue weighted by atomic mass is 16.5. The van der Waals surface area contributed by atoms with Crippen molar-refractivity contribution >= 4 is 0 Å². The van der Waals surface area contributed by atoms with Crippen LogP contribution < -0.4 is 0 Å². The van der Waals surface area contributed by atoms with Crippen LogP contribution in [0.5, 0.6) is 0 Å². The van der Waals surface area contributed by atoms with Crippen molar-refractivity contribution in [3.8, 4) is 11.4 Å². The van der Waals surface area contributed by atoms with Crippen LogP contribution in [0, 0.1) is 20.8 Å². The molecular formula is C20H23N7O. The van der Waals surface area contributed by atoms with E-state index in [1.54, 1.807) is 12.7 Å². The van der Waals surface area contributed by atoms with Gasteiger partial charge in [-0.2, -0.15) is 4.98 Å². The Kier molecular flexibility index (Phi) is 4.79. The summed E-state index contributed by atoms with van der Waals surface area (Å²) in [6.45, 7) is 7.56. The van der Waals surface area contributed by atoms with Crippen molar-refractivity contribution in [2.75, 3.05) is 7.05 Å². The van der Waals surface area contributed by atoms with Crippen molar-refractivity contribution in [2.45, 2.75) is 33.9 Å². The number of benzene rings is 1. The SMILES string of the molecule is Cc1cccc(-c2noc(CN(C)Cc3cc(C)n(-n4cnnc4)c3C)n2)c1. The van der Waals surface area contributed by atoms with Gasteiger partial charge in [-0.3, -0.25) is 9.58 Å². The molecule has 0 saturated carbocycles. The maximum Gasteiger partial charge on any atom is 0.241 e. The third-order valence-electron chi connectivity index (χ3n) is 4.73. The van der Waals surface area contributed by atoms with Crippen molar-refractivity contribution in [3.63, 3.8) is 0 Å². The number of aryl methyl sites for hydroxylation is 2. The summed E-state index contributed by atoms with van der Waals surface area (Å²) in [5, 5.41) is 11.9. The summed E-state index contributed by atoms with van der Waals surface area (Å²) in [5.41, 5.74) is 5.64. The maximum absolute atomic E-state index is 5.46. The molecule has 0 spiro atoms. The molecule has 0 aliphatic carbocycles. The smallest absolute Gasteiger partial charge is 0.241 e. The fourth-order valence-corrected chi connectivity index (χ4v) is 3.43. The molecule has 0 amide bonds. The summed E-state index contributed by atoms with van der Waals surface area (Å²) in [7, 11) is 2.04. The predicted octanol–water partition coefficient (Wildman–Crippen LogP) is 3.00. The van der Waals surface area contributed by atoms with Crippen molar-refractivity contribution < 1.29 is 4.52 Å². The largest absolute Gasteiger partial charge is 0.338 e. The molecule has 0 N–H and O–H groups in total. The Hall–Kier alpha value is -3.26. The molecule has 3 aromatic heterocycles. The fourth-order valence-electron chi connectivity index (χ4n) is 3.43. The summed E-state index contributed by atoms with van der Waals surface area (Å²) in [4.78, 5) is 6.70. The van der Waals surface area contributed by atoms with Crippen LogP contribution in [0.3, 0.4) is 0 Å². The van der Waals surface area contributed by atoms with Crippen LogP contribution in [0.25, 0.3) is 11.4 Å². The standard InChI is InChI=1S/C20H23N7O/c1-14-6-5-7-17(8-14)20-23-19(28-24-20)11-25(4)10-18-9-15(2)27(16(18)3)26-12-21-22-13-26/h5-9,12-13H,10-11H2,1-4H3. The maximum atomic E-state index is 5.46. The lowest BCUT2D eigenvalue weighted by molar-refractivity contribution is 0.260. The molecule has 0 bridgehead atoms. The fraction of sp³-hybridized carbons (Fsp3) is 0.300. The van der Waals surface area contributed by atoms with Crippen molar-refractivity contribution in [3.05, 3.63) is 71.4 Å². The second-order valence-corrected chi connectivity index (χ2v) is 7.10. The molecule has 0 aliphatic heterocycles. The summed E-state index contributed by atoms with van der Waals surface area (Å²) >= 11 is 0. The van der Waals surface area contributed by atoms with Gasteiger partial charge in [0.25, 0.3) is 0 Å². The highest BCUT2D eigenvalue weighted by Gasteiger charge is 2.15. The zero-order valence-electron chi connectivity index (χ0n) is 16.5. The van der Waals surface area contributed by atoms with E-state index in [0.29, 0.717) is 18.3 Å². The number of nitrogens with zero attached hydrogens (tertiary/aromatic N) is 7. The van der Waals surface area contributed by atoms with Crippen LogP contribution in [0.4, 0.5) is 0 Å². The average molecular weight is 377 g/mol. The summed E-state index contributed by atoms with van der Waals surface area (Å²) in [6.07, 6.45) is 3.39. The lowest BCUT2D eigenvalue weighted by Gasteiger charge is -2.14. The molecule has 1 aromatic carbocycles. The molecule has 28 heavy (non-hydrogen) atoms. The molecule has 4 aromatic rings. The molecule has 0 saturated heterocycles. The molecule has 8 nitrogen and oxygen atoms in total. The lowest BCUT2D eigenvalue weighted by atomic mass is 10.1. The van der Waals surface area contributed by atoms with E-state index in [1.807, 2.05) is 23.9 Å². The predicted molar refractivity (Wildman–Crippen MR) is 104 cm³/mol. The van der Waals surface area contributed by atoms with E-state index in [0.717, 1.165) is 23.5 Å². The minimum absolute atomic E-state index is 0.578. The van der Waals surface area contributed by atoms with Crippen LogP contribution in [0.2, 0.25) is 0 Å². The van der Waals surface area contributed by atoms with Gasteiger partial charge in [0, 0.05) is 23.5 Å². The molecule has 0 atom stereocenters. The van der Waals surface area contributed by atoms with Crippen LogP contribution in [-0.2, 0) is 13.1 Å². The van der Waals surface area contributed by atoms with Crippen LogP contribution in [-0.4, -0.2) is 41.6 Å². The van der Waals surface area contributed by atoms with E-state index in [9.17, 15) is 0 Å². The van der Waals surface area contributed by atoms with Gasteiger partial charge in [-0.25, -0.2) is 4.68 Å². The molecule has 8 heteroatoms. The van der Waals surface area contributed by atoms with Gasteiger partial charge < -0.3 is 4.52 Å². The number of hydrogen-bond acceptors (Lipinski definition) is 6. The molecule has 4 rings (SSSR count). The van der Waals surface area contributed by atoms with Gasteiger partial charge in [-0.1, -0.05) is 28.9 Å². The average Bonchev–Trinajstić information content (AvgIpc) is 3.37. The lowest BCUT2D eigenvalue weighted by Crippen LogP contribution is -2.18. The first-order chi connectivity index (χ1) is 13.5. The summed E-state index contributed by atoms with van der Waals surface area (Å²) < 4.78 is 9.42. The molecule has 0 aliphatic rings. The van der Waals surface area contributed by atoms with E-state index in [4.69, 9.17) is 4.52 Å². The Morgan fingerprint density at radius 1 is 1.04 bits per heavy atom. The van der Waals surface area contributed by atoms with E-state index in [-0.39, 0.29) is 0 Å². The molecule has 0 unspecified atom stereocenters. The summed E-state index contributed by atoms with van der Waals surface area (Å²) in [6, 6.07) is 10.3. The van der Waals surface area contributed by atoms with E-state index < -0.39 is 0 Å². The van der Waals surface area contributed by atoms with Gasteiger partial charge in [0.15, 0.2) is 0 Å². The van der Waals surface area contributed by atoms with Gasteiger partial charge in [-0.05, 0) is 45.5 Å². The quantitative estimate of drug-likeness (QED) is 0.514. The molecular weight excluding hydrogens is 354 g/mol. The second kappa shape index (κ2) is 7.40. The Morgan fingerprint density at radius 2 is 1.82 bits per heavy atom. The minimum atomic E-state index is 0.578. The van der Waals surface area contributed by atoms with Crippen molar-refractivity contribution in [2.24, 2.45) is 0 Å². The third-order valence-corrected chi connectivity index (χ3v) is 4.73. The first kappa shape index (κ1) is 18.1. The van der Waals surface area contributed by atoms with Crippen LogP contribution in [0.15, 0.2) is 47.5 Å². The zero-order valence-corrected chi connectivity index (χ0v) is 16.5. The normalized spacial score (nSPS) is 11.5. The van der Waals surface area contributed by atoms with Crippen LogP contribution >= 0.6 is 0 Å². The third kappa shape index (κ3) is 3.59. The van der Waals surface area contributed by atoms with Crippen LogP contribution in [0.1, 0.15) is 28.4 Å². The summed E-state index contributed by atoms with van der Waals surface area (Å²) in [5.74, 6) is 1.23. The Labute approximate surface area is 163 Å². The van der Waals surface area contributed by atoms with Crippen molar-refractivity contribution in [1.82, 2.24) is 34.6 Å². The topological polar surface area (TPSA) is 77.8 Å². The van der Waals surface area contributed by atoms with Gasteiger partial charge in [0.05, 0.1) is 6.54 Å². The van der Waals surface area contributed by atoms with Gasteiger partial charge in [-0.15, -0.1) is 10.2 Å². The second-order valence-electron chi connectivity index (χ2n) is 7.10. The van der Waals surface area contributed by atoms with Gasteiger partial charge >= 0.3 is 0 Å². The monoisotopic (exact) mass is 377 g/mol. The van der Waals surface area contributed by atoms with E-state index in [2.05, 4.69) is 68.9 Å².